The molecule has 0 nitrogen and oxygen atoms in total. The minimum atomic E-state index is 0.0528. The van der Waals surface area contributed by atoms with Crippen LogP contribution in [0.1, 0.15) is 86.1 Å². The molecule has 0 aromatic heterocycles. The lowest BCUT2D eigenvalue weighted by molar-refractivity contribution is 0.590. The van der Waals surface area contributed by atoms with Crippen molar-refractivity contribution in [3.63, 3.8) is 0 Å². The average molecular weight is 751 g/mol. The van der Waals surface area contributed by atoms with E-state index in [1.165, 1.54) is 99.4 Å². The summed E-state index contributed by atoms with van der Waals surface area (Å²) in [7, 11) is 0. The highest BCUT2D eigenvalue weighted by Gasteiger charge is 2.23. The van der Waals surface area contributed by atoms with Gasteiger partial charge < -0.3 is 0 Å². The maximum Gasteiger partial charge on any atom is -0.00139 e. The van der Waals surface area contributed by atoms with E-state index >= 15 is 0 Å². The van der Waals surface area contributed by atoms with Crippen LogP contribution < -0.4 is 0 Å². The highest BCUT2D eigenvalue weighted by atomic mass is 14.3. The highest BCUT2D eigenvalue weighted by molar-refractivity contribution is 6.18. The Hall–Kier alpha value is -6.24. The van der Waals surface area contributed by atoms with Crippen molar-refractivity contribution in [1.82, 2.24) is 0 Å². The van der Waals surface area contributed by atoms with Crippen LogP contribution in [0.4, 0.5) is 0 Å². The van der Waals surface area contributed by atoms with E-state index in [-0.39, 0.29) is 10.8 Å². The van der Waals surface area contributed by atoms with Gasteiger partial charge in [-0.3, -0.25) is 0 Å². The third kappa shape index (κ3) is 7.98. The van der Waals surface area contributed by atoms with Crippen molar-refractivity contribution in [1.29, 1.82) is 0 Å². The van der Waals surface area contributed by atoms with Gasteiger partial charge in [0.15, 0.2) is 0 Å². The topological polar surface area (TPSA) is 0 Å². The molecular weight excluding hydrogens is 697 g/mol. The summed E-state index contributed by atoms with van der Waals surface area (Å²) in [5.74, 6) is 0. The van der Waals surface area contributed by atoms with E-state index in [1.807, 2.05) is 0 Å². The SMILES string of the molecule is Cc1ccc(/C=C/c2cc(-c3ccc(C(C)(C)C)cc3)c(-c3c(-c4ccc(C(C)(C)C)cc4)cc(/C=C/c4ccc(C)cc4)c4ccccc34)c3ccccc23)cc1. The fourth-order valence-corrected chi connectivity index (χ4v) is 8.10. The minimum Gasteiger partial charge on any atom is -0.0616 e. The lowest BCUT2D eigenvalue weighted by Gasteiger charge is -2.24. The first-order valence-corrected chi connectivity index (χ1v) is 20.7. The van der Waals surface area contributed by atoms with E-state index in [2.05, 4.69) is 237 Å². The van der Waals surface area contributed by atoms with E-state index in [1.54, 1.807) is 0 Å². The lowest BCUT2D eigenvalue weighted by atomic mass is 9.79. The molecule has 0 aliphatic rings. The van der Waals surface area contributed by atoms with Gasteiger partial charge in [0.1, 0.15) is 0 Å². The molecule has 0 aliphatic carbocycles. The van der Waals surface area contributed by atoms with Gasteiger partial charge in [-0.1, -0.05) is 223 Å². The first-order valence-electron chi connectivity index (χ1n) is 20.7. The monoisotopic (exact) mass is 750 g/mol. The zero-order valence-corrected chi connectivity index (χ0v) is 35.3. The number of rotatable bonds is 7. The minimum absolute atomic E-state index is 0.0528. The van der Waals surface area contributed by atoms with Crippen LogP contribution in [0.3, 0.4) is 0 Å². The predicted molar refractivity (Wildman–Crippen MR) is 255 cm³/mol. The van der Waals surface area contributed by atoms with Gasteiger partial charge in [-0.05, 0) is 125 Å². The molecule has 0 amide bonds. The summed E-state index contributed by atoms with van der Waals surface area (Å²) < 4.78 is 0. The van der Waals surface area contributed by atoms with Gasteiger partial charge in [0.2, 0.25) is 0 Å². The summed E-state index contributed by atoms with van der Waals surface area (Å²) in [4.78, 5) is 0. The van der Waals surface area contributed by atoms with Crippen molar-refractivity contribution in [2.75, 3.05) is 0 Å². The summed E-state index contributed by atoms with van der Waals surface area (Å²) >= 11 is 0. The third-order valence-electron chi connectivity index (χ3n) is 11.6. The molecule has 0 bridgehead atoms. The van der Waals surface area contributed by atoms with E-state index in [0.29, 0.717) is 0 Å². The van der Waals surface area contributed by atoms with Gasteiger partial charge in [-0.25, -0.2) is 0 Å². The van der Waals surface area contributed by atoms with Crippen LogP contribution >= 0.6 is 0 Å². The Kier molecular flexibility index (Phi) is 10.4. The Bertz CT molecular complexity index is 2590. The molecular formula is C58H54. The predicted octanol–water partition coefficient (Wildman–Crippen LogP) is 16.5. The van der Waals surface area contributed by atoms with Crippen molar-refractivity contribution in [2.45, 2.75) is 66.2 Å². The average Bonchev–Trinajstić information content (AvgIpc) is 3.22. The maximum atomic E-state index is 2.43. The second-order valence-corrected chi connectivity index (χ2v) is 18.0. The first-order chi connectivity index (χ1) is 27.8. The van der Waals surface area contributed by atoms with Gasteiger partial charge >= 0.3 is 0 Å². The normalized spacial score (nSPS) is 12.3. The van der Waals surface area contributed by atoms with Crippen molar-refractivity contribution in [3.05, 3.63) is 202 Å². The van der Waals surface area contributed by atoms with E-state index < -0.39 is 0 Å². The molecule has 8 aromatic rings. The number of hydrogen-bond acceptors (Lipinski definition) is 0. The fourth-order valence-electron chi connectivity index (χ4n) is 8.10. The molecule has 0 aliphatic heterocycles. The van der Waals surface area contributed by atoms with Crippen LogP contribution in [0.5, 0.6) is 0 Å². The third-order valence-corrected chi connectivity index (χ3v) is 11.6. The molecule has 8 aromatic carbocycles. The Balaban J connectivity index is 1.46. The second-order valence-electron chi connectivity index (χ2n) is 18.0. The molecule has 0 saturated carbocycles. The number of aryl methyl sites for hydroxylation is 2. The largest absolute Gasteiger partial charge is 0.0616 e. The Morgan fingerprint density at radius 2 is 0.672 bits per heavy atom. The number of benzene rings is 8. The van der Waals surface area contributed by atoms with Crippen LogP contribution in [0.15, 0.2) is 158 Å². The van der Waals surface area contributed by atoms with Crippen molar-refractivity contribution >= 4 is 45.8 Å². The van der Waals surface area contributed by atoms with Crippen LogP contribution in [0.2, 0.25) is 0 Å². The van der Waals surface area contributed by atoms with E-state index in [9.17, 15) is 0 Å². The molecule has 0 radical (unpaired) electrons. The summed E-state index contributed by atoms with van der Waals surface area (Å²) in [6.07, 6.45) is 9.10. The fraction of sp³-hybridized carbons (Fsp3) is 0.172. The molecule has 8 rings (SSSR count). The van der Waals surface area contributed by atoms with Crippen LogP contribution in [0, 0.1) is 13.8 Å². The number of fused-ring (bicyclic) bond motifs is 2. The Morgan fingerprint density at radius 1 is 0.345 bits per heavy atom. The standard InChI is InChI=1S/C58H54/c1-39-17-21-41(22-18-39)25-27-45-37-53(43-29-33-47(34-30-43)57(3,4)5)55(51-15-11-9-13-49(45)51)56-52-16-12-10-14-50(52)46(28-26-42-23-19-40(2)20-24-42)38-54(56)44-31-35-48(36-32-44)58(6,7)8/h9-38H,1-8H3/b27-25+,28-26+. The van der Waals surface area contributed by atoms with Crippen LogP contribution in [0.25, 0.3) is 79.2 Å². The quantitative estimate of drug-likeness (QED) is 0.142. The summed E-state index contributed by atoms with van der Waals surface area (Å²) in [5, 5.41) is 4.95. The molecule has 0 saturated heterocycles. The molecule has 0 spiro atoms. The van der Waals surface area contributed by atoms with Gasteiger partial charge in [0.25, 0.3) is 0 Å². The zero-order valence-electron chi connectivity index (χ0n) is 35.3. The highest BCUT2D eigenvalue weighted by Crippen LogP contribution is 2.48. The molecule has 0 heterocycles. The van der Waals surface area contributed by atoms with E-state index in [4.69, 9.17) is 0 Å². The zero-order chi connectivity index (χ0) is 40.6. The molecule has 0 heteroatoms. The van der Waals surface area contributed by atoms with Gasteiger partial charge in [-0.2, -0.15) is 0 Å². The second kappa shape index (κ2) is 15.6. The van der Waals surface area contributed by atoms with Gasteiger partial charge in [0.05, 0.1) is 0 Å². The van der Waals surface area contributed by atoms with E-state index in [0.717, 1.165) is 0 Å². The van der Waals surface area contributed by atoms with Crippen molar-refractivity contribution in [3.8, 4) is 33.4 Å². The molecule has 0 atom stereocenters. The van der Waals surface area contributed by atoms with Gasteiger partial charge in [0, 0.05) is 0 Å². The summed E-state index contributed by atoms with van der Waals surface area (Å²) in [6, 6.07) is 59.0. The maximum absolute atomic E-state index is 2.43. The van der Waals surface area contributed by atoms with Crippen molar-refractivity contribution < 1.29 is 0 Å². The van der Waals surface area contributed by atoms with Gasteiger partial charge in [-0.15, -0.1) is 0 Å². The summed E-state index contributed by atoms with van der Waals surface area (Å²) in [5.41, 5.74) is 17.5. The van der Waals surface area contributed by atoms with Crippen molar-refractivity contribution in [2.24, 2.45) is 0 Å². The van der Waals surface area contributed by atoms with Crippen LogP contribution in [-0.4, -0.2) is 0 Å². The van der Waals surface area contributed by atoms with Crippen LogP contribution in [-0.2, 0) is 10.8 Å². The molecule has 58 heavy (non-hydrogen) atoms. The molecule has 0 fully saturated rings. The molecule has 0 unspecified atom stereocenters. The smallest absolute Gasteiger partial charge is 0.00139 e. The molecule has 286 valence electrons. The number of hydrogen-bond donors (Lipinski definition) is 0. The summed E-state index contributed by atoms with van der Waals surface area (Å²) in [6.45, 7) is 18.0. The Labute approximate surface area is 346 Å². The Morgan fingerprint density at radius 3 is 1.00 bits per heavy atom. The lowest BCUT2D eigenvalue weighted by Crippen LogP contribution is -2.10. The first kappa shape index (κ1) is 38.6. The molecule has 0 N–H and O–H groups in total.